The highest BCUT2D eigenvalue weighted by molar-refractivity contribution is 5.97. The Labute approximate surface area is 213 Å². The minimum absolute atomic E-state index is 0.0455. The highest BCUT2D eigenvalue weighted by atomic mass is 16.7. The van der Waals surface area contributed by atoms with Crippen LogP contribution in [0.5, 0.6) is 0 Å². The molecule has 198 valence electrons. The number of carbonyl (C=O) groups is 3. The maximum absolute atomic E-state index is 13.0. The lowest BCUT2D eigenvalue weighted by Crippen LogP contribution is -2.42. The summed E-state index contributed by atoms with van der Waals surface area (Å²) in [7, 11) is 1.38. The third-order valence-electron chi connectivity index (χ3n) is 5.56. The van der Waals surface area contributed by atoms with Crippen LogP contribution in [0.15, 0.2) is 52.5 Å². The number of carbonyl (C=O) groups excluding carboxylic acids is 3. The quantitative estimate of drug-likeness (QED) is 0.108. The van der Waals surface area contributed by atoms with Crippen LogP contribution in [0.3, 0.4) is 0 Å². The summed E-state index contributed by atoms with van der Waals surface area (Å²) in [5, 5.41) is 2.55. The fourth-order valence-electron chi connectivity index (χ4n) is 3.22. The second-order valence-electron chi connectivity index (χ2n) is 8.56. The van der Waals surface area contributed by atoms with Crippen molar-refractivity contribution in [2.45, 2.75) is 66.5 Å². The van der Waals surface area contributed by atoms with Crippen molar-refractivity contribution in [2.75, 3.05) is 13.9 Å². The third kappa shape index (κ3) is 8.55. The summed E-state index contributed by atoms with van der Waals surface area (Å²) in [6.45, 7) is 15.3. The standard InChI is InChI=1S/C27H38N2O7/c1-10-22(33-9)24(34-15-35-26(31)16(2)3)23(28-8)25(30)29-19(6)27(32)36-20(7)18(5)21-14-12-11-13-17(21)4/h10-14,16,18-20H,8,15H2,1-7,9H3,(H,29,30)/b22-10+,24-23+/t18-,19+,20+/m1/s1. The number of benzene rings is 1. The van der Waals surface area contributed by atoms with Crippen molar-refractivity contribution >= 4 is 24.6 Å². The van der Waals surface area contributed by atoms with E-state index in [1.165, 1.54) is 14.0 Å². The van der Waals surface area contributed by atoms with E-state index in [4.69, 9.17) is 18.9 Å². The number of amides is 1. The summed E-state index contributed by atoms with van der Waals surface area (Å²) in [4.78, 5) is 41.2. The zero-order chi connectivity index (χ0) is 27.4. The molecule has 0 aliphatic heterocycles. The molecule has 0 aliphatic carbocycles. The molecule has 1 aromatic carbocycles. The van der Waals surface area contributed by atoms with Crippen LogP contribution in [0.4, 0.5) is 0 Å². The molecule has 1 aromatic rings. The van der Waals surface area contributed by atoms with E-state index in [9.17, 15) is 14.4 Å². The number of nitrogens with zero attached hydrogens (tertiary/aromatic N) is 1. The van der Waals surface area contributed by atoms with E-state index in [1.54, 1.807) is 26.8 Å². The minimum atomic E-state index is -0.989. The molecule has 0 bridgehead atoms. The summed E-state index contributed by atoms with van der Waals surface area (Å²) < 4.78 is 21.4. The fourth-order valence-corrected chi connectivity index (χ4v) is 3.22. The molecule has 0 unspecified atom stereocenters. The number of hydrogen-bond acceptors (Lipinski definition) is 8. The normalized spacial score (nSPS) is 14.6. The Kier molecular flexibility index (Phi) is 12.4. The summed E-state index contributed by atoms with van der Waals surface area (Å²) in [6, 6.07) is 6.90. The van der Waals surface area contributed by atoms with E-state index in [0.29, 0.717) is 0 Å². The lowest BCUT2D eigenvalue weighted by atomic mass is 9.92. The fraction of sp³-hybridized carbons (Fsp3) is 0.481. The Bertz CT molecular complexity index is 998. The van der Waals surface area contributed by atoms with E-state index in [0.717, 1.165) is 11.1 Å². The predicted octanol–water partition coefficient (Wildman–Crippen LogP) is 4.17. The van der Waals surface area contributed by atoms with Crippen molar-refractivity contribution in [3.05, 3.63) is 58.7 Å². The molecule has 0 spiro atoms. The summed E-state index contributed by atoms with van der Waals surface area (Å²) in [5.41, 5.74) is 1.94. The van der Waals surface area contributed by atoms with Crippen LogP contribution in [0.25, 0.3) is 0 Å². The van der Waals surface area contributed by atoms with Gasteiger partial charge in [0.25, 0.3) is 5.91 Å². The van der Waals surface area contributed by atoms with Crippen molar-refractivity contribution in [1.82, 2.24) is 5.32 Å². The second kappa shape index (κ2) is 14.7. The summed E-state index contributed by atoms with van der Waals surface area (Å²) in [5.74, 6) is -2.14. The predicted molar refractivity (Wildman–Crippen MR) is 137 cm³/mol. The number of ether oxygens (including phenoxy) is 4. The topological polar surface area (TPSA) is 113 Å². The first-order chi connectivity index (χ1) is 17.0. The largest absolute Gasteiger partial charge is 0.493 e. The number of nitrogens with one attached hydrogen (secondary N) is 1. The Morgan fingerprint density at radius 1 is 1.06 bits per heavy atom. The van der Waals surface area contributed by atoms with E-state index < -0.39 is 36.8 Å². The molecular formula is C27H38N2O7. The highest BCUT2D eigenvalue weighted by Crippen LogP contribution is 2.25. The number of allylic oxidation sites excluding steroid dienone is 1. The third-order valence-corrected chi connectivity index (χ3v) is 5.56. The molecule has 9 nitrogen and oxygen atoms in total. The molecule has 9 heteroatoms. The molecule has 3 atom stereocenters. The van der Waals surface area contributed by atoms with E-state index >= 15 is 0 Å². The number of methoxy groups -OCH3 is 1. The van der Waals surface area contributed by atoms with Gasteiger partial charge in [-0.1, -0.05) is 45.0 Å². The van der Waals surface area contributed by atoms with Crippen molar-refractivity contribution in [3.8, 4) is 0 Å². The molecule has 0 radical (unpaired) electrons. The van der Waals surface area contributed by atoms with Gasteiger partial charge in [0.2, 0.25) is 6.79 Å². The Morgan fingerprint density at radius 2 is 1.69 bits per heavy atom. The maximum atomic E-state index is 13.0. The van der Waals surface area contributed by atoms with Gasteiger partial charge >= 0.3 is 11.9 Å². The van der Waals surface area contributed by atoms with Gasteiger partial charge in [-0.2, -0.15) is 0 Å². The zero-order valence-electron chi connectivity index (χ0n) is 22.4. The molecule has 0 heterocycles. The van der Waals surface area contributed by atoms with Gasteiger partial charge in [-0.25, -0.2) is 4.79 Å². The van der Waals surface area contributed by atoms with Gasteiger partial charge in [0.15, 0.2) is 17.2 Å². The molecule has 0 aromatic heterocycles. The van der Waals surface area contributed by atoms with Crippen LogP contribution in [-0.4, -0.2) is 50.6 Å². The van der Waals surface area contributed by atoms with E-state index in [-0.39, 0.29) is 29.1 Å². The van der Waals surface area contributed by atoms with Crippen molar-refractivity contribution in [2.24, 2.45) is 10.9 Å². The smallest absolute Gasteiger partial charge is 0.328 e. The zero-order valence-corrected chi connectivity index (χ0v) is 22.4. The molecule has 1 amide bonds. The Morgan fingerprint density at radius 3 is 2.22 bits per heavy atom. The molecule has 0 fully saturated rings. The minimum Gasteiger partial charge on any atom is -0.493 e. The van der Waals surface area contributed by atoms with Crippen LogP contribution in [-0.2, 0) is 33.3 Å². The lowest BCUT2D eigenvalue weighted by Gasteiger charge is -2.24. The lowest BCUT2D eigenvalue weighted by molar-refractivity contribution is -0.157. The molecule has 0 aliphatic rings. The Balaban J connectivity index is 2.98. The van der Waals surface area contributed by atoms with Crippen molar-refractivity contribution in [3.63, 3.8) is 0 Å². The first-order valence-electron chi connectivity index (χ1n) is 11.8. The molecule has 36 heavy (non-hydrogen) atoms. The highest BCUT2D eigenvalue weighted by Gasteiger charge is 2.27. The number of rotatable bonds is 13. The Hall–Kier alpha value is -3.62. The number of esters is 2. The number of aryl methyl sites for hydroxylation is 1. The average molecular weight is 503 g/mol. The number of hydrogen-bond donors (Lipinski definition) is 1. The number of aliphatic imine (C=N–C) groups is 1. The molecule has 1 rings (SSSR count). The molecule has 0 saturated carbocycles. The van der Waals surface area contributed by atoms with Crippen molar-refractivity contribution < 1.29 is 33.3 Å². The van der Waals surface area contributed by atoms with E-state index in [2.05, 4.69) is 17.0 Å². The van der Waals surface area contributed by atoms with Crippen LogP contribution >= 0.6 is 0 Å². The summed E-state index contributed by atoms with van der Waals surface area (Å²) in [6.07, 6.45) is 1.12. The monoisotopic (exact) mass is 502 g/mol. The van der Waals surface area contributed by atoms with Crippen LogP contribution < -0.4 is 5.32 Å². The van der Waals surface area contributed by atoms with Gasteiger partial charge in [-0.05, 0) is 51.6 Å². The molecular weight excluding hydrogens is 464 g/mol. The van der Waals surface area contributed by atoms with Gasteiger partial charge in [0, 0.05) is 5.92 Å². The second-order valence-corrected chi connectivity index (χ2v) is 8.56. The van der Waals surface area contributed by atoms with Gasteiger partial charge in [0.05, 0.1) is 13.0 Å². The molecule has 0 saturated heterocycles. The maximum Gasteiger partial charge on any atom is 0.328 e. The van der Waals surface area contributed by atoms with Gasteiger partial charge in [-0.15, -0.1) is 0 Å². The SMILES string of the molecule is C=N/C(C(=O)N[C@@H](C)C(=O)O[C@@H](C)[C@@H](C)c1ccccc1C)=C(OCOC(=O)C(C)C)\C(=C/C)OC. The van der Waals surface area contributed by atoms with E-state index in [1.807, 2.05) is 45.0 Å². The average Bonchev–Trinajstić information content (AvgIpc) is 2.84. The van der Waals surface area contributed by atoms with Crippen LogP contribution in [0.2, 0.25) is 0 Å². The van der Waals surface area contributed by atoms with Crippen molar-refractivity contribution in [1.29, 1.82) is 0 Å². The van der Waals surface area contributed by atoms with Crippen LogP contribution in [0.1, 0.15) is 58.6 Å². The molecule has 1 N–H and O–H groups in total. The first-order valence-corrected chi connectivity index (χ1v) is 11.8. The van der Waals surface area contributed by atoms with Gasteiger partial charge in [0.1, 0.15) is 12.1 Å². The first kappa shape index (κ1) is 30.4. The van der Waals surface area contributed by atoms with Gasteiger partial charge < -0.3 is 24.3 Å². The van der Waals surface area contributed by atoms with Gasteiger partial charge in [-0.3, -0.25) is 14.6 Å². The van der Waals surface area contributed by atoms with Crippen LogP contribution in [0, 0.1) is 12.8 Å². The summed E-state index contributed by atoms with van der Waals surface area (Å²) >= 11 is 0.